The van der Waals surface area contributed by atoms with E-state index in [1.807, 2.05) is 0 Å². The van der Waals surface area contributed by atoms with Gasteiger partial charge in [0.25, 0.3) is 0 Å². The average Bonchev–Trinajstić information content (AvgIpc) is 2.55. The maximum Gasteiger partial charge on any atom is 0.461 e. The summed E-state index contributed by atoms with van der Waals surface area (Å²) in [6, 6.07) is 0. The Morgan fingerprint density at radius 1 is 0.864 bits per heavy atom. The predicted octanol–water partition coefficient (Wildman–Crippen LogP) is 7.12. The van der Waals surface area contributed by atoms with Gasteiger partial charge in [0.2, 0.25) is 0 Å². The van der Waals surface area contributed by atoms with Crippen molar-refractivity contribution in [2.75, 3.05) is 0 Å². The Morgan fingerprint density at radius 2 is 1.45 bits per heavy atom. The van der Waals surface area contributed by atoms with Crippen LogP contribution in [0.25, 0.3) is 0 Å². The first-order chi connectivity index (χ1) is 10.7. The topological polar surface area (TPSA) is 9.23 Å². The van der Waals surface area contributed by atoms with Crippen LogP contribution in [-0.2, 0) is 3.79 Å². The lowest BCUT2D eigenvalue weighted by Gasteiger charge is -2.48. The first kappa shape index (κ1) is 20.5. The van der Waals surface area contributed by atoms with E-state index in [2.05, 4.69) is 27.7 Å². The molecule has 0 N–H and O–H groups in total. The van der Waals surface area contributed by atoms with Crippen LogP contribution < -0.4 is 0 Å². The highest BCUT2D eigenvalue weighted by Crippen LogP contribution is 2.44. The lowest BCUT2D eigenvalue weighted by molar-refractivity contribution is -0.0361. The summed E-state index contributed by atoms with van der Waals surface area (Å²) >= 11 is -0.926. The molecule has 0 aromatic heterocycles. The zero-order valence-corrected chi connectivity index (χ0v) is 17.1. The summed E-state index contributed by atoms with van der Waals surface area (Å²) in [7, 11) is 0. The van der Waals surface area contributed by atoms with Crippen molar-refractivity contribution < 1.29 is 3.79 Å². The van der Waals surface area contributed by atoms with E-state index in [4.69, 9.17) is 3.79 Å². The molecule has 0 aromatic carbocycles. The summed E-state index contributed by atoms with van der Waals surface area (Å²) in [5.74, 6) is 0.857. The molecule has 0 radical (unpaired) electrons. The van der Waals surface area contributed by atoms with Gasteiger partial charge in [-0.25, -0.2) is 0 Å². The molecule has 0 saturated carbocycles. The number of hydrogen-bond acceptors (Lipinski definition) is 1. The molecule has 1 unspecified atom stereocenters. The van der Waals surface area contributed by atoms with Gasteiger partial charge in [0.1, 0.15) is 0 Å². The highest BCUT2D eigenvalue weighted by Gasteiger charge is 2.44. The van der Waals surface area contributed by atoms with E-state index in [0.717, 1.165) is 5.92 Å². The van der Waals surface area contributed by atoms with E-state index in [9.17, 15) is 0 Å². The highest BCUT2D eigenvalue weighted by atomic mass is 27.2. The fourth-order valence-electron chi connectivity index (χ4n) is 4.23. The second-order valence-electron chi connectivity index (χ2n) is 7.57. The summed E-state index contributed by atoms with van der Waals surface area (Å²) < 4.78 is 7.03. The Balaban J connectivity index is 2.79. The first-order valence-electron chi connectivity index (χ1n) is 10.4. The molecule has 1 fully saturated rings. The van der Waals surface area contributed by atoms with Crippen LogP contribution in [0.1, 0.15) is 105 Å². The van der Waals surface area contributed by atoms with E-state index in [0.29, 0.717) is 0 Å². The summed E-state index contributed by atoms with van der Waals surface area (Å²) in [5.41, 5.74) is 0.282. The second kappa shape index (κ2) is 11.9. The van der Waals surface area contributed by atoms with E-state index in [1.165, 1.54) is 87.6 Å². The molecule has 0 aromatic rings. The SMILES string of the molecule is CCCCC1C[CH2][Al]([CH2]CCC)[O]C1(CCCC)CCCC. The zero-order chi connectivity index (χ0) is 16.3. The lowest BCUT2D eigenvalue weighted by atomic mass is 9.75. The van der Waals surface area contributed by atoms with Crippen molar-refractivity contribution in [3.8, 4) is 0 Å². The Bertz CT molecular complexity index is 258. The molecule has 0 aliphatic carbocycles. The fourth-order valence-corrected chi connectivity index (χ4v) is 7.49. The largest absolute Gasteiger partial charge is 0.496 e. The molecule has 1 atom stereocenters. The van der Waals surface area contributed by atoms with Crippen molar-refractivity contribution in [3.63, 3.8) is 0 Å². The molecule has 1 saturated heterocycles. The van der Waals surface area contributed by atoms with E-state index < -0.39 is 14.5 Å². The molecule has 1 nitrogen and oxygen atoms in total. The summed E-state index contributed by atoms with van der Waals surface area (Å²) in [6.45, 7) is 9.33. The van der Waals surface area contributed by atoms with Crippen molar-refractivity contribution in [1.82, 2.24) is 0 Å². The van der Waals surface area contributed by atoms with Crippen molar-refractivity contribution in [1.29, 1.82) is 0 Å². The number of unbranched alkanes of at least 4 members (excludes halogenated alkanes) is 4. The third-order valence-electron chi connectivity index (χ3n) is 5.68. The average molecular weight is 325 g/mol. The van der Waals surface area contributed by atoms with Crippen LogP contribution in [0.15, 0.2) is 0 Å². The minimum absolute atomic E-state index is 0.282. The molecule has 1 aliphatic heterocycles. The summed E-state index contributed by atoms with van der Waals surface area (Å²) in [5, 5.41) is 2.88. The Hall–Kier alpha value is 0.492. The third-order valence-corrected chi connectivity index (χ3v) is 8.51. The van der Waals surface area contributed by atoms with Gasteiger partial charge in [0, 0.05) is 5.60 Å². The van der Waals surface area contributed by atoms with Gasteiger partial charge in [-0.2, -0.15) is 0 Å². The Kier molecular flexibility index (Phi) is 11.1. The third kappa shape index (κ3) is 6.54. The summed E-state index contributed by atoms with van der Waals surface area (Å²) in [4.78, 5) is 0. The van der Waals surface area contributed by atoms with Gasteiger partial charge < -0.3 is 3.79 Å². The number of hydrogen-bond donors (Lipinski definition) is 0. The molecule has 1 aliphatic rings. The minimum Gasteiger partial charge on any atom is -0.496 e. The standard InChI is InChI=1S/C16H32O.C4H9.Al/c1-5-9-12-15(8-4)16(17,13-10-6-2)14-11-7-3;1-3-4-2;/h15H,4-14H2,1-3H3;1,3-4H2,2H3;/q-1;;+1. The van der Waals surface area contributed by atoms with Crippen LogP contribution in [-0.4, -0.2) is 20.1 Å². The fraction of sp³-hybridized carbons (Fsp3) is 1.00. The van der Waals surface area contributed by atoms with Gasteiger partial charge in [-0.05, 0) is 25.2 Å². The zero-order valence-electron chi connectivity index (χ0n) is 16.0. The Labute approximate surface area is 145 Å². The highest BCUT2D eigenvalue weighted by molar-refractivity contribution is 6.52. The van der Waals surface area contributed by atoms with Crippen LogP contribution in [0.5, 0.6) is 0 Å². The molecule has 1 heterocycles. The molecule has 2 heteroatoms. The molecule has 1 rings (SSSR count). The van der Waals surface area contributed by atoms with Gasteiger partial charge in [0.05, 0.1) is 0 Å². The molecular weight excluding hydrogens is 283 g/mol. The van der Waals surface area contributed by atoms with Gasteiger partial charge in [-0.1, -0.05) is 96.0 Å². The maximum atomic E-state index is 7.03. The maximum absolute atomic E-state index is 7.03. The van der Waals surface area contributed by atoms with Crippen LogP contribution in [0.3, 0.4) is 0 Å². The van der Waals surface area contributed by atoms with Gasteiger partial charge in [-0.3, -0.25) is 0 Å². The smallest absolute Gasteiger partial charge is 0.461 e. The minimum atomic E-state index is -0.926. The van der Waals surface area contributed by atoms with Crippen molar-refractivity contribution in [2.24, 2.45) is 5.92 Å². The van der Waals surface area contributed by atoms with E-state index in [-0.39, 0.29) is 5.60 Å². The Morgan fingerprint density at radius 3 is 2.00 bits per heavy atom. The quantitative estimate of drug-likeness (QED) is 0.347. The van der Waals surface area contributed by atoms with Crippen molar-refractivity contribution in [3.05, 3.63) is 0 Å². The monoisotopic (exact) mass is 324 g/mol. The van der Waals surface area contributed by atoms with Crippen LogP contribution >= 0.6 is 0 Å². The van der Waals surface area contributed by atoms with Crippen molar-refractivity contribution >= 4 is 14.5 Å². The predicted molar refractivity (Wildman–Crippen MR) is 101 cm³/mol. The van der Waals surface area contributed by atoms with Gasteiger partial charge in [0.15, 0.2) is 0 Å². The normalized spacial score (nSPS) is 21.3. The van der Waals surface area contributed by atoms with E-state index in [1.54, 1.807) is 0 Å². The van der Waals surface area contributed by atoms with E-state index >= 15 is 0 Å². The number of rotatable bonds is 12. The van der Waals surface area contributed by atoms with Gasteiger partial charge in [-0.15, -0.1) is 0 Å². The summed E-state index contributed by atoms with van der Waals surface area (Å²) in [6.07, 6.45) is 16.4. The molecule has 0 spiro atoms. The first-order valence-corrected chi connectivity index (χ1v) is 12.5. The lowest BCUT2D eigenvalue weighted by Crippen LogP contribution is -2.49. The molecule has 22 heavy (non-hydrogen) atoms. The molecule has 130 valence electrons. The molecular formula is C20H41AlO. The van der Waals surface area contributed by atoms with Gasteiger partial charge >= 0.3 is 14.5 Å². The van der Waals surface area contributed by atoms with Crippen LogP contribution in [0, 0.1) is 5.92 Å². The van der Waals surface area contributed by atoms with Crippen molar-refractivity contribution in [2.45, 2.75) is 121 Å². The molecule has 0 bridgehead atoms. The van der Waals surface area contributed by atoms with Crippen LogP contribution in [0.2, 0.25) is 10.6 Å². The second-order valence-corrected chi connectivity index (χ2v) is 10.2. The van der Waals surface area contributed by atoms with Crippen LogP contribution in [0.4, 0.5) is 0 Å². The molecule has 0 amide bonds.